The molecule has 0 spiro atoms. The van der Waals surface area contributed by atoms with Gasteiger partial charge >= 0.3 is 10.6 Å². The van der Waals surface area contributed by atoms with Crippen molar-refractivity contribution in [3.05, 3.63) is 55.5 Å². The molecule has 0 atom stereocenters. The van der Waals surface area contributed by atoms with Crippen LogP contribution in [0.2, 0.25) is 0 Å². The van der Waals surface area contributed by atoms with Crippen LogP contribution in [0, 0.1) is 0 Å². The molecule has 0 bridgehead atoms. The molecule has 20 heavy (non-hydrogen) atoms. The standard InChI is InChI=1S/C12H14ClN3O2S.ClH/c13-4-5-16-11(17)15(12(18)19-16)8-10-3-1-2-9(6-10)7-14;/h1-3,6H,4-5,7-8,14H2;1H. The zero-order valence-electron chi connectivity index (χ0n) is 10.6. The van der Waals surface area contributed by atoms with Gasteiger partial charge in [0.2, 0.25) is 0 Å². The van der Waals surface area contributed by atoms with Crippen LogP contribution in [-0.2, 0) is 19.6 Å². The Morgan fingerprint density at radius 3 is 2.60 bits per heavy atom. The van der Waals surface area contributed by atoms with E-state index in [0.29, 0.717) is 19.0 Å². The lowest BCUT2D eigenvalue weighted by molar-refractivity contribution is 0.676. The largest absolute Gasteiger partial charge is 0.341 e. The van der Waals surface area contributed by atoms with Crippen LogP contribution in [0.15, 0.2) is 33.9 Å². The summed E-state index contributed by atoms with van der Waals surface area (Å²) in [5, 5.41) is 0. The normalized spacial score (nSPS) is 10.3. The Bertz CT molecular complexity index is 678. The first-order valence-electron chi connectivity index (χ1n) is 5.80. The fourth-order valence-electron chi connectivity index (χ4n) is 1.78. The summed E-state index contributed by atoms with van der Waals surface area (Å²) in [5.41, 5.74) is 7.12. The van der Waals surface area contributed by atoms with Crippen molar-refractivity contribution in [1.82, 2.24) is 8.52 Å². The van der Waals surface area contributed by atoms with Crippen LogP contribution in [0.25, 0.3) is 0 Å². The number of hydrogen-bond donors (Lipinski definition) is 1. The number of halogens is 2. The number of nitrogens with zero attached hydrogens (tertiary/aromatic N) is 2. The molecule has 2 N–H and O–H groups in total. The summed E-state index contributed by atoms with van der Waals surface area (Å²) in [6, 6.07) is 7.54. The molecule has 0 saturated heterocycles. The molecule has 8 heteroatoms. The van der Waals surface area contributed by atoms with E-state index in [1.54, 1.807) is 0 Å². The first-order chi connectivity index (χ1) is 9.15. The number of nitrogens with two attached hydrogens (primary N) is 1. The van der Waals surface area contributed by atoms with Gasteiger partial charge in [0.25, 0.3) is 0 Å². The van der Waals surface area contributed by atoms with E-state index in [4.69, 9.17) is 17.3 Å². The first kappa shape index (κ1) is 17.0. The van der Waals surface area contributed by atoms with Crippen LogP contribution in [0.4, 0.5) is 0 Å². The van der Waals surface area contributed by atoms with Crippen LogP contribution in [0.1, 0.15) is 11.1 Å². The molecule has 0 radical (unpaired) electrons. The van der Waals surface area contributed by atoms with Crippen LogP contribution < -0.4 is 16.3 Å². The maximum atomic E-state index is 12.0. The molecule has 0 aliphatic carbocycles. The highest BCUT2D eigenvalue weighted by Crippen LogP contribution is 2.05. The Hall–Kier alpha value is -1.08. The SMILES string of the molecule is Cl.NCc1cccc(Cn2c(=O)sn(CCCl)c2=O)c1. The third-order valence-corrected chi connectivity index (χ3v) is 3.81. The molecule has 0 amide bonds. The Kier molecular flexibility index (Phi) is 6.48. The number of benzene rings is 1. The fourth-order valence-corrected chi connectivity index (χ4v) is 2.84. The lowest BCUT2D eigenvalue weighted by Gasteiger charge is -2.03. The molecule has 0 saturated carbocycles. The summed E-state index contributed by atoms with van der Waals surface area (Å²) in [6.07, 6.45) is 0. The van der Waals surface area contributed by atoms with Gasteiger partial charge in [0.15, 0.2) is 0 Å². The third kappa shape index (κ3) is 3.73. The number of aryl methyl sites for hydroxylation is 1. The maximum absolute atomic E-state index is 12.0. The molecule has 2 rings (SSSR count). The van der Waals surface area contributed by atoms with Crippen molar-refractivity contribution in [2.24, 2.45) is 5.73 Å². The van der Waals surface area contributed by atoms with Gasteiger partial charge in [-0.25, -0.2) is 13.3 Å². The van der Waals surface area contributed by atoms with Gasteiger partial charge in [-0.3, -0.25) is 4.79 Å². The summed E-state index contributed by atoms with van der Waals surface area (Å²) >= 11 is 6.49. The number of rotatable bonds is 5. The van der Waals surface area contributed by atoms with Crippen LogP contribution in [-0.4, -0.2) is 14.4 Å². The average molecular weight is 336 g/mol. The van der Waals surface area contributed by atoms with Gasteiger partial charge in [0, 0.05) is 24.0 Å². The predicted molar refractivity (Wildman–Crippen MR) is 84.2 cm³/mol. The van der Waals surface area contributed by atoms with Crippen LogP contribution >= 0.6 is 35.5 Å². The second kappa shape index (κ2) is 7.64. The molecule has 0 aliphatic heterocycles. The molecule has 110 valence electrons. The van der Waals surface area contributed by atoms with E-state index in [2.05, 4.69) is 0 Å². The molecule has 5 nitrogen and oxygen atoms in total. The Morgan fingerprint density at radius 1 is 1.25 bits per heavy atom. The van der Waals surface area contributed by atoms with E-state index in [9.17, 15) is 9.59 Å². The second-order valence-corrected chi connectivity index (χ2v) is 5.39. The summed E-state index contributed by atoms with van der Waals surface area (Å²) in [6.45, 7) is 1.05. The van der Waals surface area contributed by atoms with Gasteiger partial charge in [0.05, 0.1) is 13.1 Å². The highest BCUT2D eigenvalue weighted by atomic mass is 35.5. The zero-order valence-corrected chi connectivity index (χ0v) is 13.0. The van der Waals surface area contributed by atoms with Gasteiger partial charge in [-0.15, -0.1) is 24.0 Å². The van der Waals surface area contributed by atoms with Gasteiger partial charge in [-0.1, -0.05) is 24.3 Å². The Balaban J connectivity index is 0.00000200. The maximum Gasteiger partial charge on any atom is 0.341 e. The molecule has 0 unspecified atom stereocenters. The Labute approximate surface area is 131 Å². The number of aromatic nitrogens is 2. The average Bonchev–Trinajstić information content (AvgIpc) is 2.67. The van der Waals surface area contributed by atoms with Crippen molar-refractivity contribution in [3.8, 4) is 0 Å². The van der Waals surface area contributed by atoms with Crippen molar-refractivity contribution < 1.29 is 0 Å². The quantitative estimate of drug-likeness (QED) is 0.835. The van der Waals surface area contributed by atoms with E-state index in [1.807, 2.05) is 24.3 Å². The lowest BCUT2D eigenvalue weighted by Crippen LogP contribution is -2.29. The molecule has 2 aromatic rings. The minimum Gasteiger partial charge on any atom is -0.326 e. The second-order valence-electron chi connectivity index (χ2n) is 4.04. The van der Waals surface area contributed by atoms with E-state index >= 15 is 0 Å². The van der Waals surface area contributed by atoms with E-state index in [-0.39, 0.29) is 29.5 Å². The zero-order chi connectivity index (χ0) is 13.8. The minimum absolute atomic E-state index is 0. The third-order valence-electron chi connectivity index (χ3n) is 2.71. The first-order valence-corrected chi connectivity index (χ1v) is 7.11. The van der Waals surface area contributed by atoms with Crippen molar-refractivity contribution in [2.75, 3.05) is 5.88 Å². The molecule has 1 heterocycles. The predicted octanol–water partition coefficient (Wildman–Crippen LogP) is 1.24. The topological polar surface area (TPSA) is 70.0 Å². The monoisotopic (exact) mass is 335 g/mol. The van der Waals surface area contributed by atoms with E-state index in [1.165, 1.54) is 8.52 Å². The highest BCUT2D eigenvalue weighted by molar-refractivity contribution is 7.03. The van der Waals surface area contributed by atoms with Gasteiger partial charge in [-0.2, -0.15) is 0 Å². The van der Waals surface area contributed by atoms with Crippen molar-refractivity contribution in [1.29, 1.82) is 0 Å². The summed E-state index contributed by atoms with van der Waals surface area (Å²) in [4.78, 5) is 23.5. The van der Waals surface area contributed by atoms with Crippen LogP contribution in [0.3, 0.4) is 0 Å². The van der Waals surface area contributed by atoms with Gasteiger partial charge < -0.3 is 5.73 Å². The molecular weight excluding hydrogens is 321 g/mol. The van der Waals surface area contributed by atoms with Crippen molar-refractivity contribution in [3.63, 3.8) is 0 Å². The lowest BCUT2D eigenvalue weighted by atomic mass is 10.1. The smallest absolute Gasteiger partial charge is 0.326 e. The highest BCUT2D eigenvalue weighted by Gasteiger charge is 2.10. The van der Waals surface area contributed by atoms with Gasteiger partial charge in [0.1, 0.15) is 0 Å². The van der Waals surface area contributed by atoms with Crippen molar-refractivity contribution in [2.45, 2.75) is 19.6 Å². The molecule has 1 aromatic carbocycles. The Morgan fingerprint density at radius 2 is 1.95 bits per heavy atom. The van der Waals surface area contributed by atoms with Gasteiger partial charge in [-0.05, 0) is 11.1 Å². The fraction of sp³-hybridized carbons (Fsp3) is 0.333. The van der Waals surface area contributed by atoms with Crippen molar-refractivity contribution >= 4 is 35.5 Å². The minimum atomic E-state index is -0.311. The van der Waals surface area contributed by atoms with E-state index in [0.717, 1.165) is 22.7 Å². The van der Waals surface area contributed by atoms with Crippen LogP contribution in [0.5, 0.6) is 0 Å². The summed E-state index contributed by atoms with van der Waals surface area (Å²) < 4.78 is 2.59. The number of alkyl halides is 1. The molecular formula is C12H15Cl2N3O2S. The molecule has 0 fully saturated rings. The molecule has 0 aliphatic rings. The molecule has 1 aromatic heterocycles. The summed E-state index contributed by atoms with van der Waals surface area (Å²) in [5.74, 6) is 0.308. The van der Waals surface area contributed by atoms with E-state index < -0.39 is 0 Å². The summed E-state index contributed by atoms with van der Waals surface area (Å²) in [7, 11) is 0. The number of hydrogen-bond acceptors (Lipinski definition) is 4.